The highest BCUT2D eigenvalue weighted by Crippen LogP contribution is 2.30. The van der Waals surface area contributed by atoms with Gasteiger partial charge in [-0.2, -0.15) is 13.2 Å². The fourth-order valence-electron chi connectivity index (χ4n) is 1.37. The average Bonchev–Trinajstić information content (AvgIpc) is 2.19. The molecule has 1 N–H and O–H groups in total. The van der Waals surface area contributed by atoms with Crippen LogP contribution in [0, 0.1) is 19.3 Å². The zero-order valence-electron chi connectivity index (χ0n) is 8.67. The Morgan fingerprint density at radius 1 is 1.44 bits per heavy atom. The number of alkyl halides is 3. The second-order valence-corrected chi connectivity index (χ2v) is 3.53. The number of aliphatic hydroxyl groups is 1. The Hall–Kier alpha value is -1.47. The third kappa shape index (κ3) is 3.01. The molecule has 16 heavy (non-hydrogen) atoms. The first-order chi connectivity index (χ1) is 7.34. The van der Waals surface area contributed by atoms with Crippen molar-refractivity contribution in [2.75, 3.05) is 0 Å². The minimum atomic E-state index is -4.34. The Morgan fingerprint density at radius 3 is 2.50 bits per heavy atom. The summed E-state index contributed by atoms with van der Waals surface area (Å²) >= 11 is 0. The molecule has 0 saturated carbocycles. The van der Waals surface area contributed by atoms with Crippen LogP contribution in [0.4, 0.5) is 13.2 Å². The van der Waals surface area contributed by atoms with E-state index in [1.165, 1.54) is 6.07 Å². The lowest BCUT2D eigenvalue weighted by Gasteiger charge is -2.11. The number of terminal acetylenes is 1. The summed E-state index contributed by atoms with van der Waals surface area (Å²) < 4.78 is 37.0. The molecule has 1 unspecified atom stereocenters. The van der Waals surface area contributed by atoms with Crippen LogP contribution in [0.25, 0.3) is 0 Å². The van der Waals surface area contributed by atoms with Gasteiger partial charge >= 0.3 is 6.18 Å². The van der Waals surface area contributed by atoms with Gasteiger partial charge in [0.1, 0.15) is 6.10 Å². The minimum Gasteiger partial charge on any atom is -0.380 e. The minimum absolute atomic E-state index is 0.167. The lowest BCUT2D eigenvalue weighted by molar-refractivity contribution is -0.137. The van der Waals surface area contributed by atoms with E-state index in [0.717, 1.165) is 12.1 Å². The lowest BCUT2D eigenvalue weighted by Crippen LogP contribution is -2.10. The number of hydrogen-bond acceptors (Lipinski definition) is 1. The van der Waals surface area contributed by atoms with E-state index in [4.69, 9.17) is 6.42 Å². The monoisotopic (exact) mass is 228 g/mol. The summed E-state index contributed by atoms with van der Waals surface area (Å²) in [6, 6.07) is 3.39. The molecule has 0 aliphatic carbocycles. The molecular weight excluding hydrogens is 217 g/mol. The molecule has 0 bridgehead atoms. The van der Waals surface area contributed by atoms with Crippen molar-refractivity contribution in [2.45, 2.75) is 25.6 Å². The standard InChI is InChI=1S/C12H11F3O/c1-3-11(16)7-9-4-5-10(6-8(9)2)12(13,14)15/h1,4-6,11,16H,7H2,2H3. The fourth-order valence-corrected chi connectivity index (χ4v) is 1.37. The van der Waals surface area contributed by atoms with Gasteiger partial charge in [-0.05, 0) is 30.2 Å². The summed E-state index contributed by atoms with van der Waals surface area (Å²) in [5, 5.41) is 9.21. The van der Waals surface area contributed by atoms with Crippen LogP contribution in [0.5, 0.6) is 0 Å². The number of aryl methyl sites for hydroxylation is 1. The molecule has 4 heteroatoms. The molecule has 0 spiro atoms. The van der Waals surface area contributed by atoms with Crippen molar-refractivity contribution in [1.29, 1.82) is 0 Å². The predicted octanol–water partition coefficient (Wildman–Crippen LogP) is 2.55. The summed E-state index contributed by atoms with van der Waals surface area (Å²) in [7, 11) is 0. The van der Waals surface area contributed by atoms with E-state index >= 15 is 0 Å². The van der Waals surface area contributed by atoms with Crippen molar-refractivity contribution < 1.29 is 18.3 Å². The molecule has 0 aliphatic rings. The Labute approximate surface area is 91.9 Å². The first-order valence-corrected chi connectivity index (χ1v) is 4.65. The molecule has 0 heterocycles. The first kappa shape index (κ1) is 12.6. The molecule has 0 fully saturated rings. The van der Waals surface area contributed by atoms with Crippen LogP contribution in [-0.2, 0) is 12.6 Å². The fraction of sp³-hybridized carbons (Fsp3) is 0.333. The molecule has 0 aliphatic heterocycles. The van der Waals surface area contributed by atoms with Gasteiger partial charge < -0.3 is 5.11 Å². The van der Waals surface area contributed by atoms with Crippen LogP contribution in [0.2, 0.25) is 0 Å². The summed E-state index contributed by atoms with van der Waals surface area (Å²) in [5.41, 5.74) is 0.409. The van der Waals surface area contributed by atoms with Crippen molar-refractivity contribution in [3.63, 3.8) is 0 Å². The van der Waals surface area contributed by atoms with E-state index in [2.05, 4.69) is 5.92 Å². The van der Waals surface area contributed by atoms with Gasteiger partial charge in [0, 0.05) is 6.42 Å². The predicted molar refractivity (Wildman–Crippen MR) is 54.7 cm³/mol. The van der Waals surface area contributed by atoms with E-state index in [9.17, 15) is 18.3 Å². The Morgan fingerprint density at radius 2 is 2.06 bits per heavy atom. The number of halogens is 3. The normalized spacial score (nSPS) is 13.2. The van der Waals surface area contributed by atoms with Crippen LogP contribution in [0.1, 0.15) is 16.7 Å². The zero-order chi connectivity index (χ0) is 12.3. The smallest absolute Gasteiger partial charge is 0.380 e. The second-order valence-electron chi connectivity index (χ2n) is 3.53. The summed E-state index contributed by atoms with van der Waals surface area (Å²) in [6.45, 7) is 1.56. The average molecular weight is 228 g/mol. The molecule has 0 radical (unpaired) electrons. The SMILES string of the molecule is C#CC(O)Cc1ccc(C(F)(F)F)cc1C. The van der Waals surface area contributed by atoms with Gasteiger partial charge in [0.05, 0.1) is 5.56 Å². The Bertz CT molecular complexity index is 415. The van der Waals surface area contributed by atoms with Crippen LogP contribution >= 0.6 is 0 Å². The third-order valence-corrected chi connectivity index (χ3v) is 2.28. The van der Waals surface area contributed by atoms with Crippen molar-refractivity contribution in [2.24, 2.45) is 0 Å². The first-order valence-electron chi connectivity index (χ1n) is 4.65. The Kier molecular flexibility index (Phi) is 3.61. The van der Waals surface area contributed by atoms with Crippen molar-refractivity contribution >= 4 is 0 Å². The van der Waals surface area contributed by atoms with Gasteiger partial charge in [-0.3, -0.25) is 0 Å². The van der Waals surface area contributed by atoms with E-state index in [1.807, 2.05) is 0 Å². The van der Waals surface area contributed by atoms with Gasteiger partial charge in [0.15, 0.2) is 0 Å². The van der Waals surface area contributed by atoms with E-state index < -0.39 is 17.8 Å². The second kappa shape index (κ2) is 4.58. The van der Waals surface area contributed by atoms with Gasteiger partial charge in [-0.25, -0.2) is 0 Å². The Balaban J connectivity index is 2.97. The number of benzene rings is 1. The topological polar surface area (TPSA) is 20.2 Å². The molecule has 0 aromatic heterocycles. The molecule has 1 nitrogen and oxygen atoms in total. The molecule has 1 aromatic rings. The van der Waals surface area contributed by atoms with Gasteiger partial charge in [-0.15, -0.1) is 6.42 Å². The number of rotatable bonds is 2. The zero-order valence-corrected chi connectivity index (χ0v) is 8.67. The highest BCUT2D eigenvalue weighted by Gasteiger charge is 2.30. The quantitative estimate of drug-likeness (QED) is 0.771. The largest absolute Gasteiger partial charge is 0.416 e. The van der Waals surface area contributed by atoms with E-state index in [1.54, 1.807) is 6.92 Å². The maximum atomic E-state index is 12.3. The van der Waals surface area contributed by atoms with Crippen molar-refractivity contribution in [3.05, 3.63) is 34.9 Å². The molecule has 1 atom stereocenters. The highest BCUT2D eigenvalue weighted by molar-refractivity contribution is 5.33. The molecule has 0 amide bonds. The maximum absolute atomic E-state index is 12.3. The van der Waals surface area contributed by atoms with Crippen LogP contribution in [0.15, 0.2) is 18.2 Å². The summed E-state index contributed by atoms with van der Waals surface area (Å²) in [4.78, 5) is 0. The van der Waals surface area contributed by atoms with Crippen molar-refractivity contribution in [3.8, 4) is 12.3 Å². The number of aliphatic hydroxyl groups excluding tert-OH is 1. The molecule has 1 rings (SSSR count). The molecule has 86 valence electrons. The van der Waals surface area contributed by atoms with Gasteiger partial charge in [0.2, 0.25) is 0 Å². The molecular formula is C12H11F3O. The van der Waals surface area contributed by atoms with Gasteiger partial charge in [-0.1, -0.05) is 12.0 Å². The van der Waals surface area contributed by atoms with Crippen LogP contribution < -0.4 is 0 Å². The van der Waals surface area contributed by atoms with E-state index in [0.29, 0.717) is 11.1 Å². The maximum Gasteiger partial charge on any atom is 0.416 e. The number of hydrogen-bond donors (Lipinski definition) is 1. The van der Waals surface area contributed by atoms with Crippen LogP contribution in [0.3, 0.4) is 0 Å². The van der Waals surface area contributed by atoms with Gasteiger partial charge in [0.25, 0.3) is 0 Å². The van der Waals surface area contributed by atoms with E-state index in [-0.39, 0.29) is 6.42 Å². The van der Waals surface area contributed by atoms with Crippen molar-refractivity contribution in [1.82, 2.24) is 0 Å². The van der Waals surface area contributed by atoms with Crippen LogP contribution in [-0.4, -0.2) is 11.2 Å². The highest BCUT2D eigenvalue weighted by atomic mass is 19.4. The lowest BCUT2D eigenvalue weighted by atomic mass is 10.00. The summed E-state index contributed by atoms with van der Waals surface area (Å²) in [5.74, 6) is 2.12. The molecule has 1 aromatic carbocycles. The molecule has 0 saturated heterocycles. The third-order valence-electron chi connectivity index (χ3n) is 2.28. The summed E-state index contributed by atoms with van der Waals surface area (Å²) in [6.07, 6.45) is -0.146.